The number of nitrogens with zero attached hydrogens (tertiary/aromatic N) is 2. The van der Waals surface area contributed by atoms with Crippen LogP contribution in [0.3, 0.4) is 0 Å². The van der Waals surface area contributed by atoms with Crippen molar-refractivity contribution in [1.29, 1.82) is 0 Å². The van der Waals surface area contributed by atoms with Crippen molar-refractivity contribution in [2.75, 3.05) is 25.0 Å². The maximum absolute atomic E-state index is 13.6. The Kier molecular flexibility index (Phi) is 7.04. The van der Waals surface area contributed by atoms with E-state index in [0.29, 0.717) is 46.1 Å². The highest BCUT2D eigenvalue weighted by molar-refractivity contribution is 6.06. The van der Waals surface area contributed by atoms with Crippen LogP contribution in [0.1, 0.15) is 37.0 Å². The fourth-order valence-electron chi connectivity index (χ4n) is 5.30. The first-order valence-electron chi connectivity index (χ1n) is 13.0. The molecule has 0 radical (unpaired) electrons. The summed E-state index contributed by atoms with van der Waals surface area (Å²) in [4.78, 5) is 53.1. The van der Waals surface area contributed by atoms with E-state index < -0.39 is 60.0 Å². The van der Waals surface area contributed by atoms with Gasteiger partial charge in [-0.05, 0) is 55.7 Å². The van der Waals surface area contributed by atoms with Crippen LogP contribution < -0.4 is 10.6 Å². The van der Waals surface area contributed by atoms with E-state index in [2.05, 4.69) is 10.6 Å². The number of fused-ring (bicyclic) bond motifs is 2. The third-order valence-electron chi connectivity index (χ3n) is 8.02. The van der Waals surface area contributed by atoms with Crippen molar-refractivity contribution in [3.63, 3.8) is 0 Å². The van der Waals surface area contributed by atoms with Gasteiger partial charge in [0, 0.05) is 37.3 Å². The summed E-state index contributed by atoms with van der Waals surface area (Å²) in [6.07, 6.45) is -5.52. The van der Waals surface area contributed by atoms with Crippen molar-refractivity contribution < 1.29 is 41.5 Å². The summed E-state index contributed by atoms with van der Waals surface area (Å²) in [6, 6.07) is 7.22. The number of amides is 4. The number of nitrogens with one attached hydrogen (secondary N) is 2. The van der Waals surface area contributed by atoms with Gasteiger partial charge in [-0.15, -0.1) is 0 Å². The Morgan fingerprint density at radius 3 is 2.44 bits per heavy atom. The van der Waals surface area contributed by atoms with Crippen molar-refractivity contribution in [2.24, 2.45) is 5.41 Å². The third kappa shape index (κ3) is 5.14. The number of hydrogen-bond acceptors (Lipinski definition) is 6. The molecule has 2 fully saturated rings. The molecule has 0 aromatic heterocycles. The van der Waals surface area contributed by atoms with Crippen LogP contribution in [0.25, 0.3) is 0 Å². The molecule has 2 aliphatic heterocycles. The Labute approximate surface area is 232 Å². The quantitative estimate of drug-likeness (QED) is 0.489. The van der Waals surface area contributed by atoms with Crippen molar-refractivity contribution >= 4 is 29.5 Å². The Morgan fingerprint density at radius 1 is 1.15 bits per heavy atom. The summed E-state index contributed by atoms with van der Waals surface area (Å²) in [6.45, 7) is 2.25. The molecule has 1 aliphatic carbocycles. The number of rotatable bonds is 7. The van der Waals surface area contributed by atoms with Crippen LogP contribution in [0, 0.1) is 11.2 Å². The van der Waals surface area contributed by atoms with Gasteiger partial charge in [0.15, 0.2) is 0 Å². The lowest BCUT2D eigenvalue weighted by atomic mass is 9.83. The molecule has 2 heterocycles. The molecule has 2 aromatic rings. The van der Waals surface area contributed by atoms with Gasteiger partial charge in [-0.2, -0.15) is 13.2 Å². The summed E-state index contributed by atoms with van der Waals surface area (Å²) >= 11 is 0. The first kappa shape index (κ1) is 28.5. The minimum absolute atomic E-state index is 0.0783. The normalized spacial score (nSPS) is 21.8. The molecule has 41 heavy (non-hydrogen) atoms. The second-order valence-electron chi connectivity index (χ2n) is 10.9. The summed E-state index contributed by atoms with van der Waals surface area (Å²) in [5.74, 6) is -2.73. The number of carbonyl (C=O) groups is 4. The zero-order valence-corrected chi connectivity index (χ0v) is 22.3. The summed E-state index contributed by atoms with van der Waals surface area (Å²) in [7, 11) is 0. The van der Waals surface area contributed by atoms with E-state index in [4.69, 9.17) is 4.74 Å². The minimum Gasteiger partial charge on any atom is -0.427 e. The van der Waals surface area contributed by atoms with Gasteiger partial charge in [0.25, 0.3) is 5.91 Å². The molecule has 13 heteroatoms. The Hall–Kier alpha value is -4.00. The van der Waals surface area contributed by atoms with Crippen LogP contribution in [0.5, 0.6) is 0 Å². The number of alkyl halides is 3. The molecule has 1 unspecified atom stereocenters. The van der Waals surface area contributed by atoms with Gasteiger partial charge in [0.05, 0.1) is 5.41 Å². The van der Waals surface area contributed by atoms with Gasteiger partial charge in [-0.3, -0.25) is 14.4 Å². The van der Waals surface area contributed by atoms with E-state index in [1.165, 1.54) is 12.1 Å². The van der Waals surface area contributed by atoms with E-state index in [1.54, 1.807) is 18.2 Å². The zero-order chi connectivity index (χ0) is 29.7. The molecule has 218 valence electrons. The average Bonchev–Trinajstić information content (AvgIpc) is 3.37. The molecule has 4 amide bonds. The smallest absolute Gasteiger partial charge is 0.418 e. The van der Waals surface area contributed by atoms with Crippen molar-refractivity contribution in [2.45, 2.75) is 51.1 Å². The maximum Gasteiger partial charge on any atom is 0.418 e. The standard InChI is InChI=1S/C28H28F4N4O5/c1-16(28(30,31)32)35(12-17-3-5-19(29)6-4-17)22(37)13-36-24(39)27(41-25(36)40)10-9-18-11-20(7-8-21(18)27)34-23(38)26(2)14-33-15-26/h3-8,11,16,33H,9-10,12-15H2,1-2H3,(H,34,38)/t16-,27?/m0/s1. The van der Waals surface area contributed by atoms with Crippen LogP contribution in [-0.4, -0.2) is 65.5 Å². The van der Waals surface area contributed by atoms with Gasteiger partial charge in [-0.25, -0.2) is 14.1 Å². The Bertz CT molecular complexity index is 1410. The summed E-state index contributed by atoms with van der Waals surface area (Å²) in [5.41, 5.74) is -0.433. The lowest BCUT2D eigenvalue weighted by Crippen LogP contribution is -2.58. The predicted molar refractivity (Wildman–Crippen MR) is 137 cm³/mol. The van der Waals surface area contributed by atoms with E-state index in [0.717, 1.165) is 19.1 Å². The fraction of sp³-hybridized carbons (Fsp3) is 0.429. The van der Waals surface area contributed by atoms with E-state index in [1.807, 2.05) is 6.92 Å². The topological polar surface area (TPSA) is 108 Å². The van der Waals surface area contributed by atoms with E-state index in [-0.39, 0.29) is 17.9 Å². The molecular weight excluding hydrogens is 548 g/mol. The second-order valence-corrected chi connectivity index (χ2v) is 10.9. The number of imide groups is 1. The molecule has 1 spiro atoms. The Balaban J connectivity index is 1.34. The highest BCUT2D eigenvalue weighted by Crippen LogP contribution is 2.46. The largest absolute Gasteiger partial charge is 0.427 e. The highest BCUT2D eigenvalue weighted by Gasteiger charge is 2.58. The molecule has 0 saturated carbocycles. The van der Waals surface area contributed by atoms with E-state index in [9.17, 15) is 36.7 Å². The fourth-order valence-corrected chi connectivity index (χ4v) is 5.30. The summed E-state index contributed by atoms with van der Waals surface area (Å²) < 4.78 is 59.7. The molecule has 2 N–H and O–H groups in total. The van der Waals surface area contributed by atoms with Crippen molar-refractivity contribution in [3.05, 3.63) is 65.0 Å². The van der Waals surface area contributed by atoms with Crippen molar-refractivity contribution in [3.8, 4) is 0 Å². The number of carbonyl (C=O) groups excluding carboxylic acids is 4. The minimum atomic E-state index is -4.80. The second kappa shape index (κ2) is 10.1. The molecular formula is C28H28F4N4O5. The third-order valence-corrected chi connectivity index (χ3v) is 8.02. The molecule has 2 aromatic carbocycles. The van der Waals surface area contributed by atoms with Gasteiger partial charge >= 0.3 is 12.3 Å². The van der Waals surface area contributed by atoms with Crippen molar-refractivity contribution in [1.82, 2.24) is 15.1 Å². The number of ether oxygens (including phenoxy) is 1. The number of anilines is 1. The molecule has 3 aliphatic rings. The van der Waals surface area contributed by atoms with Gasteiger partial charge in [0.1, 0.15) is 18.4 Å². The maximum atomic E-state index is 13.6. The van der Waals surface area contributed by atoms with Crippen LogP contribution in [0.15, 0.2) is 42.5 Å². The number of halogens is 4. The van der Waals surface area contributed by atoms with Gasteiger partial charge in [-0.1, -0.05) is 18.2 Å². The summed E-state index contributed by atoms with van der Waals surface area (Å²) in [5, 5.41) is 5.92. The zero-order valence-electron chi connectivity index (χ0n) is 22.3. The average molecular weight is 577 g/mol. The van der Waals surface area contributed by atoms with Gasteiger partial charge < -0.3 is 20.3 Å². The lowest BCUT2D eigenvalue weighted by molar-refractivity contribution is -0.187. The molecule has 2 atom stereocenters. The molecule has 5 rings (SSSR count). The number of aryl methyl sites for hydroxylation is 1. The van der Waals surface area contributed by atoms with Crippen LogP contribution in [-0.2, 0) is 37.7 Å². The van der Waals surface area contributed by atoms with Crippen LogP contribution in [0.2, 0.25) is 0 Å². The van der Waals surface area contributed by atoms with Gasteiger partial charge in [0.2, 0.25) is 17.4 Å². The van der Waals surface area contributed by atoms with E-state index >= 15 is 0 Å². The SMILES string of the molecule is C[C@H](N(Cc1ccc(F)cc1)C(=O)CN1C(=O)OC2(CCc3cc(NC(=O)C4(C)CNC4)ccc32)C1=O)C(F)(F)F. The molecule has 0 bridgehead atoms. The first-order chi connectivity index (χ1) is 19.2. The molecule has 9 nitrogen and oxygen atoms in total. The number of benzene rings is 2. The van der Waals surface area contributed by atoms with Crippen LogP contribution >= 0.6 is 0 Å². The molecule has 2 saturated heterocycles. The Morgan fingerprint density at radius 2 is 1.83 bits per heavy atom. The first-order valence-corrected chi connectivity index (χ1v) is 13.0. The monoisotopic (exact) mass is 576 g/mol. The highest BCUT2D eigenvalue weighted by atomic mass is 19.4. The van der Waals surface area contributed by atoms with Crippen LogP contribution in [0.4, 0.5) is 28.0 Å². The predicted octanol–water partition coefficient (Wildman–Crippen LogP) is 3.47. The number of hydrogen-bond donors (Lipinski definition) is 2. The lowest BCUT2D eigenvalue weighted by Gasteiger charge is -2.37.